The Balaban J connectivity index is 1.71. The predicted molar refractivity (Wildman–Crippen MR) is 90.5 cm³/mol. The van der Waals surface area contributed by atoms with Crippen molar-refractivity contribution in [1.29, 1.82) is 0 Å². The number of rotatable bonds is 2. The van der Waals surface area contributed by atoms with Gasteiger partial charge in [-0.1, -0.05) is 29.8 Å². The van der Waals surface area contributed by atoms with Crippen molar-refractivity contribution in [1.82, 2.24) is 4.98 Å². The van der Waals surface area contributed by atoms with Crippen molar-refractivity contribution in [2.24, 2.45) is 11.3 Å². The Morgan fingerprint density at radius 1 is 1.22 bits per heavy atom. The predicted octanol–water partition coefficient (Wildman–Crippen LogP) is 2.99. The van der Waals surface area contributed by atoms with E-state index in [1.165, 1.54) is 29.2 Å². The maximum Gasteiger partial charge on any atom is 0.253 e. The summed E-state index contributed by atoms with van der Waals surface area (Å²) in [5.41, 5.74) is 3.64. The zero-order valence-electron chi connectivity index (χ0n) is 12.6. The third-order valence-electron chi connectivity index (χ3n) is 5.73. The van der Waals surface area contributed by atoms with Crippen LogP contribution in [0, 0.1) is 11.3 Å². The highest BCUT2D eigenvalue weighted by molar-refractivity contribution is 6.67. The van der Waals surface area contributed by atoms with Crippen molar-refractivity contribution in [3.05, 3.63) is 64.3 Å². The number of hydrogen-bond donors (Lipinski definition) is 0. The molecule has 5 rings (SSSR count). The van der Waals surface area contributed by atoms with Gasteiger partial charge in [0.15, 0.2) is 0 Å². The van der Waals surface area contributed by atoms with Crippen LogP contribution >= 0.6 is 11.6 Å². The molecule has 0 N–H and O–H groups in total. The fourth-order valence-electron chi connectivity index (χ4n) is 4.45. The summed E-state index contributed by atoms with van der Waals surface area (Å²) in [6.45, 7) is 0. The first-order valence-electron chi connectivity index (χ1n) is 8.13. The van der Waals surface area contributed by atoms with E-state index in [9.17, 15) is 4.79 Å². The molecule has 0 radical (unpaired) electrons. The zero-order chi connectivity index (χ0) is 15.6. The Bertz CT molecular complexity index is 949. The van der Waals surface area contributed by atoms with E-state index in [0.29, 0.717) is 17.4 Å². The van der Waals surface area contributed by atoms with Gasteiger partial charge in [-0.3, -0.25) is 9.78 Å². The van der Waals surface area contributed by atoms with Crippen molar-refractivity contribution in [2.45, 2.75) is 25.2 Å². The largest absolute Gasteiger partial charge is 0.276 e. The highest BCUT2D eigenvalue weighted by Crippen LogP contribution is 2.67. The number of hydrogen-bond acceptors (Lipinski definition) is 2. The number of pyridine rings is 1. The fourth-order valence-corrected chi connectivity index (χ4v) is 4.61. The third kappa shape index (κ3) is 2.01. The lowest BCUT2D eigenvalue weighted by atomic mass is 9.92. The summed E-state index contributed by atoms with van der Waals surface area (Å²) in [6.07, 6.45) is 9.65. The molecular formula is C20H16ClNO. The average Bonchev–Trinajstić information content (AvgIpc) is 3.45. The van der Waals surface area contributed by atoms with Gasteiger partial charge in [-0.2, -0.15) is 0 Å². The first-order chi connectivity index (χ1) is 11.2. The number of carbonyl (C=O) groups is 1. The molecule has 0 saturated heterocycles. The summed E-state index contributed by atoms with van der Waals surface area (Å²) in [4.78, 5) is 16.1. The first-order valence-corrected chi connectivity index (χ1v) is 8.50. The Kier molecular flexibility index (Phi) is 2.67. The van der Waals surface area contributed by atoms with Crippen LogP contribution < -0.4 is 10.4 Å². The molecule has 2 nitrogen and oxygen atoms in total. The zero-order valence-corrected chi connectivity index (χ0v) is 13.4. The molecule has 3 unspecified atom stereocenters. The topological polar surface area (TPSA) is 30.0 Å². The SMILES string of the molecule is O=C(Cl)c1cccc2c1=CC1(CC3CC=23)CC1c1cccnc1. The summed E-state index contributed by atoms with van der Waals surface area (Å²) >= 11 is 5.84. The molecular weight excluding hydrogens is 306 g/mol. The third-order valence-corrected chi connectivity index (χ3v) is 5.93. The van der Waals surface area contributed by atoms with E-state index in [1.54, 1.807) is 0 Å². The molecule has 1 aromatic heterocycles. The Hall–Kier alpha value is -1.93. The van der Waals surface area contributed by atoms with Crippen molar-refractivity contribution in [2.75, 3.05) is 0 Å². The second kappa shape index (κ2) is 4.55. The molecule has 0 aliphatic heterocycles. The van der Waals surface area contributed by atoms with E-state index in [1.807, 2.05) is 30.6 Å². The lowest BCUT2D eigenvalue weighted by molar-refractivity contribution is 0.108. The smallest absolute Gasteiger partial charge is 0.253 e. The van der Waals surface area contributed by atoms with E-state index >= 15 is 0 Å². The van der Waals surface area contributed by atoms with Crippen LogP contribution in [0.25, 0.3) is 11.6 Å². The summed E-state index contributed by atoms with van der Waals surface area (Å²) in [7, 11) is 0. The maximum atomic E-state index is 11.9. The highest BCUT2D eigenvalue weighted by Gasteiger charge is 2.56. The van der Waals surface area contributed by atoms with Gasteiger partial charge in [0.1, 0.15) is 0 Å². The van der Waals surface area contributed by atoms with Crippen LogP contribution in [0.15, 0.2) is 42.7 Å². The molecule has 23 heavy (non-hydrogen) atoms. The number of fused-ring (bicyclic) bond motifs is 2. The fraction of sp³-hybridized carbons (Fsp3) is 0.300. The molecule has 3 heteroatoms. The standard InChI is InChI=1S/C20H16ClNO/c21-19(23)15-5-1-4-14-16-7-13(16)8-20(9-17(14)15)10-18(20)12-3-2-6-22-11-12/h1-6,9,11,13,18H,7-8,10H2. The van der Waals surface area contributed by atoms with Gasteiger partial charge >= 0.3 is 0 Å². The first kappa shape index (κ1) is 13.5. The van der Waals surface area contributed by atoms with Crippen molar-refractivity contribution < 1.29 is 4.79 Å². The van der Waals surface area contributed by atoms with Gasteiger partial charge in [0.25, 0.3) is 5.24 Å². The summed E-state index contributed by atoms with van der Waals surface area (Å²) in [5, 5.41) is 1.95. The van der Waals surface area contributed by atoms with E-state index in [4.69, 9.17) is 11.6 Å². The van der Waals surface area contributed by atoms with Crippen molar-refractivity contribution in [3.63, 3.8) is 0 Å². The van der Waals surface area contributed by atoms with E-state index < -0.39 is 0 Å². The van der Waals surface area contributed by atoms with Gasteiger partial charge in [-0.15, -0.1) is 0 Å². The van der Waals surface area contributed by atoms with Crippen LogP contribution in [0.2, 0.25) is 0 Å². The van der Waals surface area contributed by atoms with E-state index in [2.05, 4.69) is 23.2 Å². The monoisotopic (exact) mass is 321 g/mol. The number of halogens is 1. The van der Waals surface area contributed by atoms with Gasteiger partial charge in [0.05, 0.1) is 0 Å². The highest BCUT2D eigenvalue weighted by atomic mass is 35.5. The molecule has 114 valence electrons. The molecule has 2 fully saturated rings. The van der Waals surface area contributed by atoms with E-state index in [-0.39, 0.29) is 10.7 Å². The Morgan fingerprint density at radius 2 is 2.13 bits per heavy atom. The number of aromatic nitrogens is 1. The van der Waals surface area contributed by atoms with Gasteiger partial charge in [-0.25, -0.2) is 0 Å². The van der Waals surface area contributed by atoms with E-state index in [0.717, 1.165) is 11.6 Å². The average molecular weight is 322 g/mol. The molecule has 1 aromatic carbocycles. The second-order valence-electron chi connectivity index (χ2n) is 7.09. The molecule has 2 aromatic rings. The molecule has 2 saturated carbocycles. The van der Waals surface area contributed by atoms with Crippen LogP contribution in [0.3, 0.4) is 0 Å². The Labute approximate surface area is 139 Å². The molecule has 0 amide bonds. The molecule has 3 atom stereocenters. The lowest BCUT2D eigenvalue weighted by Gasteiger charge is -2.12. The number of nitrogens with zero attached hydrogens (tertiary/aromatic N) is 1. The number of benzene rings is 1. The van der Waals surface area contributed by atoms with Crippen LogP contribution in [-0.4, -0.2) is 10.2 Å². The summed E-state index contributed by atoms with van der Waals surface area (Å²) in [5.74, 6) is 1.19. The van der Waals surface area contributed by atoms with Gasteiger partial charge in [0, 0.05) is 18.0 Å². The minimum absolute atomic E-state index is 0.170. The van der Waals surface area contributed by atoms with Crippen LogP contribution in [0.1, 0.15) is 41.1 Å². The van der Waals surface area contributed by atoms with Crippen LogP contribution in [0.5, 0.6) is 0 Å². The van der Waals surface area contributed by atoms with Crippen molar-refractivity contribution >= 4 is 28.5 Å². The molecule has 3 aliphatic rings. The van der Waals surface area contributed by atoms with Gasteiger partial charge in [0.2, 0.25) is 0 Å². The summed E-state index contributed by atoms with van der Waals surface area (Å²) in [6, 6.07) is 10.1. The minimum atomic E-state index is -0.355. The minimum Gasteiger partial charge on any atom is -0.276 e. The normalized spacial score (nSPS) is 30.0. The molecule has 3 aliphatic carbocycles. The van der Waals surface area contributed by atoms with Crippen LogP contribution in [0.4, 0.5) is 0 Å². The number of carbonyl (C=O) groups excluding carboxylic acids is 1. The van der Waals surface area contributed by atoms with Gasteiger partial charge < -0.3 is 0 Å². The second-order valence-corrected chi connectivity index (χ2v) is 7.43. The maximum absolute atomic E-state index is 11.9. The van der Waals surface area contributed by atoms with Crippen molar-refractivity contribution in [3.8, 4) is 0 Å². The summed E-state index contributed by atoms with van der Waals surface area (Å²) < 4.78 is 0. The molecule has 1 heterocycles. The lowest BCUT2D eigenvalue weighted by Crippen LogP contribution is -2.30. The quantitative estimate of drug-likeness (QED) is 0.796. The Morgan fingerprint density at radius 3 is 2.91 bits per heavy atom. The van der Waals surface area contributed by atoms with Crippen LogP contribution in [-0.2, 0) is 0 Å². The molecule has 1 spiro atoms. The van der Waals surface area contributed by atoms with Gasteiger partial charge in [-0.05, 0) is 76.2 Å². The molecule has 0 bridgehead atoms.